The second-order valence-corrected chi connectivity index (χ2v) is 9.32. The number of halogens is 2. The highest BCUT2D eigenvalue weighted by Crippen LogP contribution is 2.52. The number of aromatic nitrogens is 1. The Morgan fingerprint density at radius 1 is 1.23 bits per heavy atom. The van der Waals surface area contributed by atoms with E-state index in [0.717, 1.165) is 24.1 Å². The lowest BCUT2D eigenvalue weighted by molar-refractivity contribution is -0.154. The highest BCUT2D eigenvalue weighted by Gasteiger charge is 2.51. The van der Waals surface area contributed by atoms with Gasteiger partial charge in [-0.3, -0.25) is 9.78 Å². The molecule has 1 aliphatic heterocycles. The van der Waals surface area contributed by atoms with Crippen molar-refractivity contribution in [3.63, 3.8) is 0 Å². The molecule has 1 aliphatic rings. The van der Waals surface area contributed by atoms with Gasteiger partial charge in [0.15, 0.2) is 0 Å². The smallest absolute Gasteiger partial charge is 0.229 e. The fourth-order valence-corrected chi connectivity index (χ4v) is 5.14. The second kappa shape index (κ2) is 9.53. The molecule has 5 heteroatoms. The van der Waals surface area contributed by atoms with Crippen LogP contribution in [0.5, 0.6) is 0 Å². The van der Waals surface area contributed by atoms with Crippen LogP contribution in [0.15, 0.2) is 55.3 Å². The first-order chi connectivity index (χ1) is 14.3. The summed E-state index contributed by atoms with van der Waals surface area (Å²) >= 11 is 12.5. The predicted octanol–water partition coefficient (Wildman–Crippen LogP) is 7.22. The Kier molecular flexibility index (Phi) is 7.26. The van der Waals surface area contributed by atoms with E-state index in [1.54, 1.807) is 6.20 Å². The Bertz CT molecular complexity index is 894. The van der Waals surface area contributed by atoms with Crippen molar-refractivity contribution in [1.29, 1.82) is 0 Å². The van der Waals surface area contributed by atoms with Gasteiger partial charge in [0.05, 0.1) is 22.2 Å². The lowest BCUT2D eigenvalue weighted by Gasteiger charge is -2.51. The van der Waals surface area contributed by atoms with Gasteiger partial charge in [0.2, 0.25) is 5.91 Å². The zero-order chi connectivity index (χ0) is 21.9. The number of amides is 1. The van der Waals surface area contributed by atoms with E-state index in [9.17, 15) is 4.79 Å². The number of hydrogen-bond donors (Lipinski definition) is 0. The molecule has 0 spiro atoms. The van der Waals surface area contributed by atoms with Crippen LogP contribution >= 0.6 is 23.2 Å². The molecule has 1 saturated heterocycles. The average molecular weight is 445 g/mol. The van der Waals surface area contributed by atoms with Crippen molar-refractivity contribution in [1.82, 2.24) is 9.88 Å². The standard InChI is InChI=1S/C25H30Cl2N2O/c1-5-13-25(4)15-21(17-9-8-10-18(26)14-17)23(22-12-11-19(27)16-28-22)29(24(25)30)20(6-2)7-3/h5,8-12,14,16,20-21,23H,1,6-7,13,15H2,2-4H3/t21-,23+,25+/m1/s1. The second-order valence-electron chi connectivity index (χ2n) is 8.45. The van der Waals surface area contributed by atoms with Crippen LogP contribution in [0.1, 0.15) is 69.7 Å². The summed E-state index contributed by atoms with van der Waals surface area (Å²) in [4.78, 5) is 20.6. The molecule has 1 aromatic carbocycles. The summed E-state index contributed by atoms with van der Waals surface area (Å²) in [7, 11) is 0. The first-order valence-electron chi connectivity index (χ1n) is 10.6. The molecule has 3 rings (SSSR count). The number of benzene rings is 1. The van der Waals surface area contributed by atoms with Gasteiger partial charge < -0.3 is 4.90 Å². The van der Waals surface area contributed by atoms with E-state index in [1.165, 1.54) is 0 Å². The lowest BCUT2D eigenvalue weighted by Crippen LogP contribution is -2.55. The molecule has 0 unspecified atom stereocenters. The molecule has 0 radical (unpaired) electrons. The maximum atomic E-state index is 13.9. The number of piperidine rings is 1. The van der Waals surface area contributed by atoms with E-state index >= 15 is 0 Å². The minimum atomic E-state index is -0.514. The van der Waals surface area contributed by atoms with E-state index in [-0.39, 0.29) is 23.9 Å². The third-order valence-corrected chi connectivity index (χ3v) is 6.82. The van der Waals surface area contributed by atoms with Gasteiger partial charge in [-0.2, -0.15) is 0 Å². The quantitative estimate of drug-likeness (QED) is 0.422. The van der Waals surface area contributed by atoms with Gasteiger partial charge in [0, 0.05) is 23.2 Å². The molecule has 0 aliphatic carbocycles. The minimum Gasteiger partial charge on any atom is -0.330 e. The summed E-state index contributed by atoms with van der Waals surface area (Å²) in [5, 5.41) is 1.29. The molecule has 1 amide bonds. The fourth-order valence-electron chi connectivity index (χ4n) is 4.83. The summed E-state index contributed by atoms with van der Waals surface area (Å²) in [6.07, 6.45) is 6.65. The highest BCUT2D eigenvalue weighted by atomic mass is 35.5. The summed E-state index contributed by atoms with van der Waals surface area (Å²) in [5.74, 6) is 0.247. The number of rotatable bonds is 7. The van der Waals surface area contributed by atoms with Gasteiger partial charge in [-0.05, 0) is 55.5 Å². The van der Waals surface area contributed by atoms with Crippen LogP contribution in [0.3, 0.4) is 0 Å². The largest absolute Gasteiger partial charge is 0.330 e. The predicted molar refractivity (Wildman–Crippen MR) is 125 cm³/mol. The van der Waals surface area contributed by atoms with Crippen molar-refractivity contribution in [3.05, 3.63) is 76.6 Å². The van der Waals surface area contributed by atoms with Crippen molar-refractivity contribution in [2.24, 2.45) is 5.41 Å². The molecule has 160 valence electrons. The third-order valence-electron chi connectivity index (χ3n) is 6.36. The Labute approximate surface area is 190 Å². The van der Waals surface area contributed by atoms with Crippen LogP contribution in [-0.4, -0.2) is 21.8 Å². The number of carbonyl (C=O) groups is 1. The summed E-state index contributed by atoms with van der Waals surface area (Å²) < 4.78 is 0. The topological polar surface area (TPSA) is 33.2 Å². The molecule has 1 fully saturated rings. The molecule has 3 atom stereocenters. The molecule has 2 aromatic rings. The van der Waals surface area contributed by atoms with E-state index < -0.39 is 5.41 Å². The van der Waals surface area contributed by atoms with Gasteiger partial charge in [-0.1, -0.05) is 62.2 Å². The Hall–Kier alpha value is -1.84. The minimum absolute atomic E-state index is 0.0700. The van der Waals surface area contributed by atoms with Gasteiger partial charge in [0.1, 0.15) is 0 Å². The summed E-state index contributed by atoms with van der Waals surface area (Å²) in [5.41, 5.74) is 1.48. The summed E-state index contributed by atoms with van der Waals surface area (Å²) in [6, 6.07) is 11.7. The maximum Gasteiger partial charge on any atom is 0.229 e. The van der Waals surface area contributed by atoms with Crippen molar-refractivity contribution in [2.45, 2.75) is 64.5 Å². The van der Waals surface area contributed by atoms with Gasteiger partial charge in [-0.25, -0.2) is 0 Å². The number of hydrogen-bond acceptors (Lipinski definition) is 2. The van der Waals surface area contributed by atoms with Crippen LogP contribution in [0.4, 0.5) is 0 Å². The van der Waals surface area contributed by atoms with Crippen molar-refractivity contribution < 1.29 is 4.79 Å². The van der Waals surface area contributed by atoms with E-state index in [4.69, 9.17) is 23.2 Å². The Balaban J connectivity index is 2.22. The van der Waals surface area contributed by atoms with Crippen LogP contribution in [0.25, 0.3) is 0 Å². The van der Waals surface area contributed by atoms with Crippen LogP contribution in [0.2, 0.25) is 10.0 Å². The van der Waals surface area contributed by atoms with Gasteiger partial charge in [0.25, 0.3) is 0 Å². The van der Waals surface area contributed by atoms with Crippen LogP contribution < -0.4 is 0 Å². The monoisotopic (exact) mass is 444 g/mol. The highest BCUT2D eigenvalue weighted by molar-refractivity contribution is 6.30. The molecule has 0 bridgehead atoms. The summed E-state index contributed by atoms with van der Waals surface area (Å²) in [6.45, 7) is 10.3. The molecule has 0 N–H and O–H groups in total. The molecule has 1 aromatic heterocycles. The van der Waals surface area contributed by atoms with Gasteiger partial charge in [-0.15, -0.1) is 6.58 Å². The number of nitrogens with zero attached hydrogens (tertiary/aromatic N) is 2. The Morgan fingerprint density at radius 2 is 1.97 bits per heavy atom. The number of likely N-dealkylation sites (tertiary alicyclic amines) is 1. The SMILES string of the molecule is C=CC[C@@]1(C)C[C@H](c2cccc(Cl)c2)[C@@H](c2ccc(Cl)cn2)N(C(CC)CC)C1=O. The van der Waals surface area contributed by atoms with Crippen LogP contribution in [0, 0.1) is 5.41 Å². The normalized spacial score (nSPS) is 24.3. The van der Waals surface area contributed by atoms with E-state index in [0.29, 0.717) is 22.9 Å². The number of pyridine rings is 1. The zero-order valence-corrected chi connectivity index (χ0v) is 19.5. The van der Waals surface area contributed by atoms with Crippen molar-refractivity contribution in [2.75, 3.05) is 0 Å². The van der Waals surface area contributed by atoms with Crippen molar-refractivity contribution >= 4 is 29.1 Å². The first kappa shape index (κ1) is 22.8. The molecular formula is C25H30Cl2N2O. The molecule has 3 nitrogen and oxygen atoms in total. The third kappa shape index (κ3) is 4.43. The zero-order valence-electron chi connectivity index (χ0n) is 17.9. The molecule has 30 heavy (non-hydrogen) atoms. The molecule has 0 saturated carbocycles. The number of carbonyl (C=O) groups excluding carboxylic acids is 1. The Morgan fingerprint density at radius 3 is 2.53 bits per heavy atom. The average Bonchev–Trinajstić information content (AvgIpc) is 2.73. The lowest BCUT2D eigenvalue weighted by atomic mass is 9.67. The molecule has 2 heterocycles. The van der Waals surface area contributed by atoms with E-state index in [1.807, 2.05) is 36.4 Å². The van der Waals surface area contributed by atoms with Gasteiger partial charge >= 0.3 is 0 Å². The molecular weight excluding hydrogens is 415 g/mol. The van der Waals surface area contributed by atoms with Crippen molar-refractivity contribution in [3.8, 4) is 0 Å². The maximum absolute atomic E-state index is 13.9. The fraction of sp³-hybridized carbons (Fsp3) is 0.440. The number of allylic oxidation sites excluding steroid dienone is 1. The first-order valence-corrected chi connectivity index (χ1v) is 11.4. The van der Waals surface area contributed by atoms with E-state index in [2.05, 4.69) is 43.3 Å². The van der Waals surface area contributed by atoms with Crippen LogP contribution in [-0.2, 0) is 4.79 Å².